The van der Waals surface area contributed by atoms with E-state index in [1.165, 1.54) is 77.0 Å². The molecule has 0 spiro atoms. The van der Waals surface area contributed by atoms with E-state index < -0.39 is 5.97 Å². The normalized spacial score (nSPS) is 10.9. The van der Waals surface area contributed by atoms with Crippen LogP contribution in [0.3, 0.4) is 0 Å². The quantitative estimate of drug-likeness (QED) is 0.180. The summed E-state index contributed by atoms with van der Waals surface area (Å²) in [6.07, 6.45) is 19.6. The van der Waals surface area contributed by atoms with Gasteiger partial charge in [0.2, 0.25) is 0 Å². The average Bonchev–Trinajstić information content (AvgIpc) is 2.79. The first kappa shape index (κ1) is 28.3. The monoisotopic (exact) mass is 450 g/mol. The highest BCUT2D eigenvalue weighted by Gasteiger charge is 2.18. The van der Waals surface area contributed by atoms with Gasteiger partial charge in [0, 0.05) is 6.61 Å². The Balaban J connectivity index is 2.12. The highest BCUT2D eigenvalue weighted by molar-refractivity contribution is 5.94. The molecule has 0 aliphatic rings. The number of ether oxygens (including phenoxy) is 2. The van der Waals surface area contributed by atoms with Crippen LogP contribution >= 0.6 is 0 Å². The van der Waals surface area contributed by atoms with Crippen molar-refractivity contribution < 1.29 is 24.5 Å². The molecule has 0 saturated carbocycles. The van der Waals surface area contributed by atoms with Gasteiger partial charge < -0.3 is 19.7 Å². The standard InChI is InChI=1S/C27H46O5/c1-2-3-4-5-6-7-8-9-10-11-12-13-14-16-22-31-24-19-18-20-25(26(24)27(29)30)32-23-17-15-21-28/h18-20,28H,2-17,21-23H2,1H3,(H,29,30). The predicted molar refractivity (Wildman–Crippen MR) is 131 cm³/mol. The Bertz CT molecular complexity index is 587. The van der Waals surface area contributed by atoms with E-state index in [0.29, 0.717) is 37.6 Å². The molecule has 0 amide bonds. The number of benzene rings is 1. The van der Waals surface area contributed by atoms with E-state index in [1.54, 1.807) is 18.2 Å². The highest BCUT2D eigenvalue weighted by atomic mass is 16.5. The van der Waals surface area contributed by atoms with Gasteiger partial charge >= 0.3 is 5.97 Å². The van der Waals surface area contributed by atoms with E-state index in [4.69, 9.17) is 14.6 Å². The molecule has 0 heterocycles. The lowest BCUT2D eigenvalue weighted by atomic mass is 10.0. The largest absolute Gasteiger partial charge is 0.493 e. The van der Waals surface area contributed by atoms with Crippen molar-refractivity contribution in [1.29, 1.82) is 0 Å². The molecule has 0 bridgehead atoms. The Kier molecular flexibility index (Phi) is 17.6. The summed E-state index contributed by atoms with van der Waals surface area (Å²) in [5.41, 5.74) is 0.0851. The van der Waals surface area contributed by atoms with Crippen molar-refractivity contribution in [3.05, 3.63) is 23.8 Å². The molecule has 0 radical (unpaired) electrons. The average molecular weight is 451 g/mol. The number of hydrogen-bond acceptors (Lipinski definition) is 4. The first-order valence-electron chi connectivity index (χ1n) is 12.9. The van der Waals surface area contributed by atoms with Crippen LogP contribution in [0.1, 0.15) is 120 Å². The number of aliphatic hydroxyl groups excluding tert-OH is 1. The Morgan fingerprint density at radius 1 is 0.688 bits per heavy atom. The maximum absolute atomic E-state index is 11.7. The molecule has 0 aliphatic heterocycles. The molecule has 0 aliphatic carbocycles. The molecule has 1 rings (SSSR count). The third-order valence-corrected chi connectivity index (χ3v) is 5.77. The van der Waals surface area contributed by atoms with Crippen LogP contribution < -0.4 is 9.47 Å². The van der Waals surface area contributed by atoms with Crippen molar-refractivity contribution in [2.75, 3.05) is 19.8 Å². The van der Waals surface area contributed by atoms with Gasteiger partial charge in [-0.2, -0.15) is 0 Å². The number of rotatable bonds is 22. The maximum Gasteiger partial charge on any atom is 0.343 e. The lowest BCUT2D eigenvalue weighted by Gasteiger charge is -2.13. The number of carboxylic acids is 1. The van der Waals surface area contributed by atoms with Crippen LogP contribution in [0, 0.1) is 0 Å². The Morgan fingerprint density at radius 3 is 1.50 bits per heavy atom. The number of aliphatic hydroxyl groups is 1. The smallest absolute Gasteiger partial charge is 0.343 e. The molecule has 0 saturated heterocycles. The zero-order valence-electron chi connectivity index (χ0n) is 20.3. The third kappa shape index (κ3) is 13.6. The van der Waals surface area contributed by atoms with E-state index in [0.717, 1.165) is 12.8 Å². The Hall–Kier alpha value is -1.75. The fourth-order valence-electron chi connectivity index (χ4n) is 3.84. The summed E-state index contributed by atoms with van der Waals surface area (Å²) >= 11 is 0. The first-order chi connectivity index (χ1) is 15.7. The van der Waals surface area contributed by atoms with Crippen LogP contribution in [0.25, 0.3) is 0 Å². The minimum absolute atomic E-state index is 0.0851. The summed E-state index contributed by atoms with van der Waals surface area (Å²) < 4.78 is 11.4. The lowest BCUT2D eigenvalue weighted by Crippen LogP contribution is -2.08. The van der Waals surface area contributed by atoms with E-state index in [9.17, 15) is 9.90 Å². The molecule has 0 fully saturated rings. The van der Waals surface area contributed by atoms with Crippen molar-refractivity contribution in [3.8, 4) is 11.5 Å². The molecule has 0 aromatic heterocycles. The molecular weight excluding hydrogens is 404 g/mol. The number of hydrogen-bond donors (Lipinski definition) is 2. The molecule has 0 atom stereocenters. The van der Waals surface area contributed by atoms with Gasteiger partial charge in [0.25, 0.3) is 0 Å². The summed E-state index contributed by atoms with van der Waals surface area (Å²) in [4.78, 5) is 11.7. The summed E-state index contributed by atoms with van der Waals surface area (Å²) in [6, 6.07) is 5.10. The zero-order valence-corrected chi connectivity index (χ0v) is 20.3. The molecule has 5 heteroatoms. The minimum Gasteiger partial charge on any atom is -0.493 e. The number of aromatic carboxylic acids is 1. The van der Waals surface area contributed by atoms with Gasteiger partial charge in [-0.1, -0.05) is 96.5 Å². The number of unbranched alkanes of at least 4 members (excludes halogenated alkanes) is 14. The van der Waals surface area contributed by atoms with Crippen molar-refractivity contribution in [2.24, 2.45) is 0 Å². The Labute approximate surface area is 195 Å². The van der Waals surface area contributed by atoms with Gasteiger partial charge in [0.15, 0.2) is 0 Å². The number of carboxylic acid groups (broad SMARTS) is 1. The molecule has 0 unspecified atom stereocenters. The van der Waals surface area contributed by atoms with E-state index in [-0.39, 0.29) is 12.2 Å². The fourth-order valence-corrected chi connectivity index (χ4v) is 3.84. The third-order valence-electron chi connectivity index (χ3n) is 5.77. The molecule has 32 heavy (non-hydrogen) atoms. The lowest BCUT2D eigenvalue weighted by molar-refractivity contribution is 0.0687. The molecule has 2 N–H and O–H groups in total. The van der Waals surface area contributed by atoms with Crippen molar-refractivity contribution in [1.82, 2.24) is 0 Å². The predicted octanol–water partition coefficient (Wildman–Crippen LogP) is 7.40. The first-order valence-corrected chi connectivity index (χ1v) is 12.9. The highest BCUT2D eigenvalue weighted by Crippen LogP contribution is 2.29. The second-order valence-electron chi connectivity index (χ2n) is 8.66. The fraction of sp³-hybridized carbons (Fsp3) is 0.741. The van der Waals surface area contributed by atoms with Gasteiger partial charge in [-0.05, 0) is 31.4 Å². The second-order valence-corrected chi connectivity index (χ2v) is 8.66. The zero-order chi connectivity index (χ0) is 23.3. The second kappa shape index (κ2) is 19.9. The van der Waals surface area contributed by atoms with Gasteiger partial charge in [0.05, 0.1) is 13.2 Å². The van der Waals surface area contributed by atoms with Gasteiger partial charge in [-0.25, -0.2) is 4.79 Å². The van der Waals surface area contributed by atoms with Crippen molar-refractivity contribution in [3.63, 3.8) is 0 Å². The number of carbonyl (C=O) groups is 1. The van der Waals surface area contributed by atoms with E-state index in [2.05, 4.69) is 6.92 Å². The summed E-state index contributed by atoms with van der Waals surface area (Å²) in [5, 5.41) is 18.4. The van der Waals surface area contributed by atoms with Crippen LogP contribution in [0.2, 0.25) is 0 Å². The summed E-state index contributed by atoms with van der Waals surface area (Å²) in [5.74, 6) is -0.348. The topological polar surface area (TPSA) is 76.0 Å². The molecule has 184 valence electrons. The van der Waals surface area contributed by atoms with Crippen LogP contribution in [-0.2, 0) is 0 Å². The molecule has 1 aromatic rings. The molecular formula is C27H46O5. The summed E-state index contributed by atoms with van der Waals surface area (Å²) in [6.45, 7) is 3.27. The SMILES string of the molecule is CCCCCCCCCCCCCCCCOc1cccc(OCCCCO)c1C(=O)O. The molecule has 1 aromatic carbocycles. The van der Waals surface area contributed by atoms with E-state index >= 15 is 0 Å². The van der Waals surface area contributed by atoms with E-state index in [1.807, 2.05) is 0 Å². The van der Waals surface area contributed by atoms with Crippen molar-refractivity contribution in [2.45, 2.75) is 110 Å². The van der Waals surface area contributed by atoms with Crippen molar-refractivity contribution >= 4 is 5.97 Å². The van der Waals surface area contributed by atoms with Crippen LogP contribution in [0.4, 0.5) is 0 Å². The van der Waals surface area contributed by atoms with Crippen LogP contribution in [0.5, 0.6) is 11.5 Å². The van der Waals surface area contributed by atoms with Gasteiger partial charge in [-0.15, -0.1) is 0 Å². The maximum atomic E-state index is 11.7. The van der Waals surface area contributed by atoms with Gasteiger partial charge in [0.1, 0.15) is 17.1 Å². The molecule has 5 nitrogen and oxygen atoms in total. The minimum atomic E-state index is -1.04. The van der Waals surface area contributed by atoms with Crippen LogP contribution in [0.15, 0.2) is 18.2 Å². The Morgan fingerprint density at radius 2 is 1.09 bits per heavy atom. The summed E-state index contributed by atoms with van der Waals surface area (Å²) in [7, 11) is 0. The van der Waals surface area contributed by atoms with Gasteiger partial charge in [-0.3, -0.25) is 0 Å². The van der Waals surface area contributed by atoms with Crippen LogP contribution in [-0.4, -0.2) is 36.0 Å².